The molecule has 0 radical (unpaired) electrons. The molecule has 0 saturated heterocycles. The Morgan fingerprint density at radius 1 is 1.17 bits per heavy atom. The molecule has 0 aliphatic carbocycles. The molecule has 0 aliphatic heterocycles. The minimum atomic E-state index is 0.103. The monoisotopic (exact) mass is 201 g/mol. The van der Waals surface area contributed by atoms with Gasteiger partial charge in [0.05, 0.1) is 0 Å². The van der Waals surface area contributed by atoms with Gasteiger partial charge in [-0.1, -0.05) is 30.3 Å². The Kier molecular flexibility index (Phi) is 4.12. The standard InChI is InChI=1S/C9H9Cl2N/c10-9(11)12-7-6-8-4-2-1-3-5-8/h1-5H,6-7H2. The second kappa shape index (κ2) is 5.18. The van der Waals surface area contributed by atoms with Crippen LogP contribution in [0, 0.1) is 0 Å². The molecule has 1 aromatic carbocycles. The highest BCUT2D eigenvalue weighted by Crippen LogP contribution is 2.00. The van der Waals surface area contributed by atoms with E-state index in [1.54, 1.807) is 0 Å². The van der Waals surface area contributed by atoms with Gasteiger partial charge in [0, 0.05) is 6.54 Å². The molecule has 0 N–H and O–H groups in total. The average Bonchev–Trinajstić information content (AvgIpc) is 2.05. The third-order valence-corrected chi connectivity index (χ3v) is 1.71. The van der Waals surface area contributed by atoms with Crippen LogP contribution in [-0.2, 0) is 6.42 Å². The van der Waals surface area contributed by atoms with Crippen molar-refractivity contribution in [1.29, 1.82) is 0 Å². The van der Waals surface area contributed by atoms with Crippen molar-refractivity contribution in [2.24, 2.45) is 4.99 Å². The normalized spacial score (nSPS) is 9.50. The van der Waals surface area contributed by atoms with Gasteiger partial charge in [0.1, 0.15) is 0 Å². The number of benzene rings is 1. The van der Waals surface area contributed by atoms with Crippen molar-refractivity contribution in [3.8, 4) is 0 Å². The van der Waals surface area contributed by atoms with E-state index < -0.39 is 0 Å². The summed E-state index contributed by atoms with van der Waals surface area (Å²) in [7, 11) is 0. The van der Waals surface area contributed by atoms with Crippen molar-refractivity contribution in [1.82, 2.24) is 0 Å². The largest absolute Gasteiger partial charge is 0.262 e. The van der Waals surface area contributed by atoms with Crippen molar-refractivity contribution in [2.45, 2.75) is 6.42 Å². The minimum Gasteiger partial charge on any atom is -0.262 e. The lowest BCUT2D eigenvalue weighted by atomic mass is 10.2. The fourth-order valence-electron chi connectivity index (χ4n) is 0.914. The molecular weight excluding hydrogens is 193 g/mol. The maximum Gasteiger partial charge on any atom is 0.191 e. The van der Waals surface area contributed by atoms with E-state index in [1.807, 2.05) is 18.2 Å². The lowest BCUT2D eigenvalue weighted by Gasteiger charge is -1.95. The van der Waals surface area contributed by atoms with E-state index in [0.29, 0.717) is 6.54 Å². The maximum atomic E-state index is 5.36. The Hall–Kier alpha value is -0.530. The first kappa shape index (κ1) is 9.56. The van der Waals surface area contributed by atoms with E-state index in [-0.39, 0.29) is 4.63 Å². The Balaban J connectivity index is 2.39. The van der Waals surface area contributed by atoms with Crippen LogP contribution in [0.2, 0.25) is 0 Å². The summed E-state index contributed by atoms with van der Waals surface area (Å²) in [5, 5.41) is 0. The molecule has 0 amide bonds. The second-order valence-electron chi connectivity index (χ2n) is 2.36. The van der Waals surface area contributed by atoms with Crippen molar-refractivity contribution in [3.63, 3.8) is 0 Å². The zero-order valence-corrected chi connectivity index (χ0v) is 8.02. The van der Waals surface area contributed by atoms with Crippen molar-refractivity contribution in [3.05, 3.63) is 35.9 Å². The van der Waals surface area contributed by atoms with E-state index in [9.17, 15) is 0 Å². The van der Waals surface area contributed by atoms with E-state index in [1.165, 1.54) is 5.56 Å². The van der Waals surface area contributed by atoms with Crippen LogP contribution in [0.1, 0.15) is 5.56 Å². The van der Waals surface area contributed by atoms with Gasteiger partial charge in [0.25, 0.3) is 0 Å². The van der Waals surface area contributed by atoms with Gasteiger partial charge in [-0.15, -0.1) is 0 Å². The van der Waals surface area contributed by atoms with Crippen molar-refractivity contribution < 1.29 is 0 Å². The van der Waals surface area contributed by atoms with Crippen LogP contribution in [0.15, 0.2) is 35.3 Å². The van der Waals surface area contributed by atoms with Gasteiger partial charge in [-0.05, 0) is 35.2 Å². The molecule has 3 heteroatoms. The Morgan fingerprint density at radius 3 is 2.42 bits per heavy atom. The minimum absolute atomic E-state index is 0.103. The van der Waals surface area contributed by atoms with Crippen LogP contribution < -0.4 is 0 Å². The summed E-state index contributed by atoms with van der Waals surface area (Å²) in [6.07, 6.45) is 0.879. The summed E-state index contributed by atoms with van der Waals surface area (Å²) < 4.78 is 0.103. The predicted octanol–water partition coefficient (Wildman–Crippen LogP) is 3.06. The van der Waals surface area contributed by atoms with Crippen molar-refractivity contribution in [2.75, 3.05) is 6.54 Å². The molecule has 0 fully saturated rings. The van der Waals surface area contributed by atoms with Gasteiger partial charge in [-0.2, -0.15) is 0 Å². The van der Waals surface area contributed by atoms with E-state index in [4.69, 9.17) is 23.2 Å². The maximum absolute atomic E-state index is 5.36. The quantitative estimate of drug-likeness (QED) is 0.668. The molecular formula is C9H9Cl2N. The SMILES string of the molecule is ClC(Cl)=NCCc1ccccc1. The molecule has 0 atom stereocenters. The number of hydrogen-bond donors (Lipinski definition) is 0. The lowest BCUT2D eigenvalue weighted by Crippen LogP contribution is -1.89. The Labute approximate surface area is 82.0 Å². The molecule has 0 bridgehead atoms. The number of aliphatic imine (C=N–C) groups is 1. The van der Waals surface area contributed by atoms with Crippen LogP contribution in [0.3, 0.4) is 0 Å². The Morgan fingerprint density at radius 2 is 1.83 bits per heavy atom. The summed E-state index contributed by atoms with van der Waals surface area (Å²) in [5.74, 6) is 0. The zero-order valence-electron chi connectivity index (χ0n) is 6.50. The molecule has 0 spiro atoms. The third kappa shape index (κ3) is 3.74. The third-order valence-electron chi connectivity index (χ3n) is 1.47. The van der Waals surface area contributed by atoms with Gasteiger partial charge in [-0.25, -0.2) is 0 Å². The Bertz CT molecular complexity index is 252. The van der Waals surface area contributed by atoms with Crippen LogP contribution in [0.5, 0.6) is 0 Å². The average molecular weight is 202 g/mol. The zero-order chi connectivity index (χ0) is 8.81. The predicted molar refractivity (Wildman–Crippen MR) is 54.2 cm³/mol. The van der Waals surface area contributed by atoms with Gasteiger partial charge in [0.15, 0.2) is 4.63 Å². The number of hydrogen-bond acceptors (Lipinski definition) is 1. The topological polar surface area (TPSA) is 12.4 Å². The fourth-order valence-corrected chi connectivity index (χ4v) is 1.08. The summed E-state index contributed by atoms with van der Waals surface area (Å²) in [6, 6.07) is 10.1. The summed E-state index contributed by atoms with van der Waals surface area (Å²) in [6.45, 7) is 0.645. The molecule has 12 heavy (non-hydrogen) atoms. The molecule has 64 valence electrons. The lowest BCUT2D eigenvalue weighted by molar-refractivity contribution is 0.974. The van der Waals surface area contributed by atoms with Gasteiger partial charge in [-0.3, -0.25) is 4.99 Å². The van der Waals surface area contributed by atoms with Crippen molar-refractivity contribution >= 4 is 27.8 Å². The second-order valence-corrected chi connectivity index (χ2v) is 3.27. The highest BCUT2D eigenvalue weighted by molar-refractivity contribution is 6.95. The molecule has 0 unspecified atom stereocenters. The first-order valence-electron chi connectivity index (χ1n) is 3.68. The van der Waals surface area contributed by atoms with Gasteiger partial charge < -0.3 is 0 Å². The van der Waals surface area contributed by atoms with E-state index >= 15 is 0 Å². The van der Waals surface area contributed by atoms with E-state index in [2.05, 4.69) is 17.1 Å². The molecule has 0 saturated carbocycles. The summed E-state index contributed by atoms with van der Waals surface area (Å²) in [4.78, 5) is 3.87. The highest BCUT2D eigenvalue weighted by atomic mass is 35.5. The number of nitrogens with zero attached hydrogens (tertiary/aromatic N) is 1. The molecule has 1 rings (SSSR count). The number of rotatable bonds is 3. The first-order valence-corrected chi connectivity index (χ1v) is 4.44. The first-order chi connectivity index (χ1) is 5.79. The summed E-state index contributed by atoms with van der Waals surface area (Å²) >= 11 is 10.7. The van der Waals surface area contributed by atoms with Crippen LogP contribution >= 0.6 is 23.2 Å². The molecule has 1 nitrogen and oxygen atoms in total. The van der Waals surface area contributed by atoms with Crippen LogP contribution in [0.25, 0.3) is 0 Å². The van der Waals surface area contributed by atoms with Crippen LogP contribution in [-0.4, -0.2) is 11.2 Å². The van der Waals surface area contributed by atoms with E-state index in [0.717, 1.165) is 6.42 Å². The van der Waals surface area contributed by atoms with Gasteiger partial charge in [0.2, 0.25) is 0 Å². The van der Waals surface area contributed by atoms with Crippen LogP contribution in [0.4, 0.5) is 0 Å². The fraction of sp³-hybridized carbons (Fsp3) is 0.222. The molecule has 0 aliphatic rings. The summed E-state index contributed by atoms with van der Waals surface area (Å²) in [5.41, 5.74) is 1.25. The smallest absolute Gasteiger partial charge is 0.191 e. The highest BCUT2D eigenvalue weighted by Gasteiger charge is 1.89. The molecule has 1 aromatic rings. The molecule has 0 heterocycles. The number of halogens is 2. The molecule has 0 aromatic heterocycles. The van der Waals surface area contributed by atoms with Gasteiger partial charge >= 0.3 is 0 Å².